The molecular weight excluding hydrogens is 266 g/mol. The number of aromatic amines is 1. The topological polar surface area (TPSA) is 72.5 Å². The summed E-state index contributed by atoms with van der Waals surface area (Å²) in [4.78, 5) is 7.42. The van der Waals surface area contributed by atoms with Gasteiger partial charge >= 0.3 is 0 Å². The van der Waals surface area contributed by atoms with Gasteiger partial charge in [-0.05, 0) is 24.6 Å². The van der Waals surface area contributed by atoms with Gasteiger partial charge in [0.05, 0.1) is 12.7 Å². The molecule has 0 aliphatic rings. The molecular formula is C15H13N5O. The van der Waals surface area contributed by atoms with Crippen LogP contribution in [-0.2, 0) is 6.54 Å². The first-order valence-electron chi connectivity index (χ1n) is 6.67. The highest BCUT2D eigenvalue weighted by molar-refractivity contribution is 5.92. The Morgan fingerprint density at radius 2 is 2.29 bits per heavy atom. The van der Waals surface area contributed by atoms with Crippen molar-refractivity contribution in [2.75, 3.05) is 0 Å². The standard InChI is InChI=1S/C15H13N5O/c1-10-6-12(19-21-10)9-20-8-11(7-18-20)13-2-4-16-15-14(13)3-5-17-15/h2-8H,9H2,1H3,(H,16,17). The van der Waals surface area contributed by atoms with Gasteiger partial charge in [0.15, 0.2) is 0 Å². The highest BCUT2D eigenvalue weighted by atomic mass is 16.5. The van der Waals surface area contributed by atoms with Gasteiger partial charge in [0, 0.05) is 35.6 Å². The molecule has 0 saturated carbocycles. The number of nitrogens with one attached hydrogen (secondary N) is 1. The SMILES string of the molecule is Cc1cc(Cn2cc(-c3ccnc4[nH]ccc34)cn2)no1. The van der Waals surface area contributed by atoms with Crippen LogP contribution in [0.25, 0.3) is 22.2 Å². The first kappa shape index (κ1) is 11.9. The monoisotopic (exact) mass is 279 g/mol. The zero-order valence-electron chi connectivity index (χ0n) is 11.4. The summed E-state index contributed by atoms with van der Waals surface area (Å²) in [5.41, 5.74) is 3.92. The van der Waals surface area contributed by atoms with Crippen LogP contribution in [0.1, 0.15) is 11.5 Å². The van der Waals surface area contributed by atoms with Crippen LogP contribution in [-0.4, -0.2) is 24.9 Å². The molecule has 0 atom stereocenters. The van der Waals surface area contributed by atoms with Gasteiger partial charge in [-0.2, -0.15) is 5.10 Å². The highest BCUT2D eigenvalue weighted by Gasteiger charge is 2.09. The fourth-order valence-corrected chi connectivity index (χ4v) is 2.46. The van der Waals surface area contributed by atoms with Gasteiger partial charge in [-0.1, -0.05) is 5.16 Å². The minimum absolute atomic E-state index is 0.596. The van der Waals surface area contributed by atoms with Gasteiger partial charge < -0.3 is 9.51 Å². The number of H-pyrrole nitrogens is 1. The molecule has 6 heteroatoms. The maximum absolute atomic E-state index is 5.07. The molecule has 0 saturated heterocycles. The Balaban J connectivity index is 1.69. The summed E-state index contributed by atoms with van der Waals surface area (Å²) in [6.07, 6.45) is 7.55. The van der Waals surface area contributed by atoms with Crippen molar-refractivity contribution in [2.45, 2.75) is 13.5 Å². The normalized spacial score (nSPS) is 11.3. The summed E-state index contributed by atoms with van der Waals surface area (Å²) in [5.74, 6) is 0.806. The fourth-order valence-electron chi connectivity index (χ4n) is 2.46. The predicted molar refractivity (Wildman–Crippen MR) is 77.7 cm³/mol. The summed E-state index contributed by atoms with van der Waals surface area (Å²) in [6.45, 7) is 2.48. The lowest BCUT2D eigenvalue weighted by molar-refractivity contribution is 0.387. The van der Waals surface area contributed by atoms with Crippen molar-refractivity contribution in [2.24, 2.45) is 0 Å². The van der Waals surface area contributed by atoms with E-state index in [1.54, 1.807) is 6.20 Å². The van der Waals surface area contributed by atoms with Crippen LogP contribution in [0.4, 0.5) is 0 Å². The van der Waals surface area contributed by atoms with Gasteiger partial charge in [-0.25, -0.2) is 4.98 Å². The molecule has 0 spiro atoms. The van der Waals surface area contributed by atoms with Crippen LogP contribution < -0.4 is 0 Å². The molecule has 0 amide bonds. The quantitative estimate of drug-likeness (QED) is 0.626. The molecule has 4 aromatic heterocycles. The number of nitrogens with zero attached hydrogens (tertiary/aromatic N) is 4. The van der Waals surface area contributed by atoms with E-state index < -0.39 is 0 Å². The first-order chi connectivity index (χ1) is 10.3. The lowest BCUT2D eigenvalue weighted by Gasteiger charge is -1.99. The summed E-state index contributed by atoms with van der Waals surface area (Å²) >= 11 is 0. The molecule has 1 N–H and O–H groups in total. The molecule has 4 rings (SSSR count). The Labute approximate surface area is 120 Å². The Kier molecular flexibility index (Phi) is 2.60. The van der Waals surface area contributed by atoms with Crippen molar-refractivity contribution in [3.8, 4) is 11.1 Å². The summed E-state index contributed by atoms with van der Waals surface area (Å²) in [7, 11) is 0. The molecule has 0 aliphatic carbocycles. The largest absolute Gasteiger partial charge is 0.361 e. The second kappa shape index (κ2) is 4.59. The van der Waals surface area contributed by atoms with Crippen LogP contribution in [0.15, 0.2) is 47.5 Å². The third-order valence-corrected chi connectivity index (χ3v) is 3.41. The van der Waals surface area contributed by atoms with Crippen LogP contribution in [0, 0.1) is 6.92 Å². The predicted octanol–water partition coefficient (Wildman–Crippen LogP) is 2.77. The number of aromatic nitrogens is 5. The molecule has 0 fully saturated rings. The van der Waals surface area contributed by atoms with Gasteiger partial charge in [0.1, 0.15) is 17.1 Å². The number of hydrogen-bond donors (Lipinski definition) is 1. The first-order valence-corrected chi connectivity index (χ1v) is 6.67. The maximum Gasteiger partial charge on any atom is 0.137 e. The lowest BCUT2D eigenvalue weighted by atomic mass is 10.1. The van der Waals surface area contributed by atoms with E-state index in [4.69, 9.17) is 4.52 Å². The molecule has 21 heavy (non-hydrogen) atoms. The fraction of sp³-hybridized carbons (Fsp3) is 0.133. The summed E-state index contributed by atoms with van der Waals surface area (Å²) in [5, 5.41) is 9.47. The second-order valence-electron chi connectivity index (χ2n) is 4.95. The van der Waals surface area contributed by atoms with E-state index >= 15 is 0 Å². The van der Waals surface area contributed by atoms with Crippen LogP contribution in [0.2, 0.25) is 0 Å². The van der Waals surface area contributed by atoms with E-state index in [1.807, 2.05) is 48.4 Å². The maximum atomic E-state index is 5.07. The zero-order chi connectivity index (χ0) is 14.2. The number of hydrogen-bond acceptors (Lipinski definition) is 4. The van der Waals surface area contributed by atoms with E-state index in [9.17, 15) is 0 Å². The van der Waals surface area contributed by atoms with Crippen LogP contribution in [0.3, 0.4) is 0 Å². The van der Waals surface area contributed by atoms with Crippen molar-refractivity contribution in [1.82, 2.24) is 24.9 Å². The molecule has 104 valence electrons. The minimum Gasteiger partial charge on any atom is -0.361 e. The van der Waals surface area contributed by atoms with Crippen molar-refractivity contribution in [1.29, 1.82) is 0 Å². The summed E-state index contributed by atoms with van der Waals surface area (Å²) in [6, 6.07) is 5.94. The van der Waals surface area contributed by atoms with Gasteiger partial charge in [-0.15, -0.1) is 0 Å². The molecule has 0 unspecified atom stereocenters. The second-order valence-corrected chi connectivity index (χ2v) is 4.95. The molecule has 0 aromatic carbocycles. The van der Waals surface area contributed by atoms with E-state index in [2.05, 4.69) is 20.2 Å². The third kappa shape index (κ3) is 2.10. The average molecular weight is 279 g/mol. The van der Waals surface area contributed by atoms with Crippen molar-refractivity contribution in [3.05, 3.63) is 54.4 Å². The van der Waals surface area contributed by atoms with E-state index in [1.165, 1.54) is 0 Å². The van der Waals surface area contributed by atoms with Crippen molar-refractivity contribution < 1.29 is 4.52 Å². The van der Waals surface area contributed by atoms with E-state index in [0.29, 0.717) is 6.54 Å². The zero-order valence-corrected chi connectivity index (χ0v) is 11.4. The van der Waals surface area contributed by atoms with Gasteiger partial charge in [-0.3, -0.25) is 4.68 Å². The van der Waals surface area contributed by atoms with Crippen molar-refractivity contribution >= 4 is 11.0 Å². The Hall–Kier alpha value is -2.89. The molecule has 4 aromatic rings. The molecule has 6 nitrogen and oxygen atoms in total. The molecule has 4 heterocycles. The Morgan fingerprint density at radius 1 is 1.33 bits per heavy atom. The van der Waals surface area contributed by atoms with E-state index in [0.717, 1.165) is 33.6 Å². The van der Waals surface area contributed by atoms with Crippen LogP contribution in [0.5, 0.6) is 0 Å². The molecule has 0 radical (unpaired) electrons. The smallest absolute Gasteiger partial charge is 0.137 e. The number of aryl methyl sites for hydroxylation is 1. The Bertz CT molecular complexity index is 901. The number of pyridine rings is 1. The van der Waals surface area contributed by atoms with Crippen LogP contribution >= 0.6 is 0 Å². The van der Waals surface area contributed by atoms with E-state index in [-0.39, 0.29) is 0 Å². The minimum atomic E-state index is 0.596. The molecule has 0 aliphatic heterocycles. The highest BCUT2D eigenvalue weighted by Crippen LogP contribution is 2.26. The average Bonchev–Trinajstić information content (AvgIpc) is 3.19. The van der Waals surface area contributed by atoms with Crippen molar-refractivity contribution in [3.63, 3.8) is 0 Å². The number of fused-ring (bicyclic) bond motifs is 1. The molecule has 0 bridgehead atoms. The number of rotatable bonds is 3. The van der Waals surface area contributed by atoms with Gasteiger partial charge in [0.25, 0.3) is 0 Å². The lowest BCUT2D eigenvalue weighted by Crippen LogP contribution is -1.99. The summed E-state index contributed by atoms with van der Waals surface area (Å²) < 4.78 is 6.92. The third-order valence-electron chi connectivity index (χ3n) is 3.41. The Morgan fingerprint density at radius 3 is 3.14 bits per heavy atom. The van der Waals surface area contributed by atoms with Gasteiger partial charge in [0.2, 0.25) is 0 Å².